The SMILES string of the molecule is [N-]=[N+]=NCOCCOc1ccccc1. The molecule has 0 fully saturated rings. The van der Waals surface area contributed by atoms with Gasteiger partial charge in [0.2, 0.25) is 0 Å². The molecule has 5 heteroatoms. The molecule has 1 rings (SSSR count). The molecule has 0 aliphatic rings. The fourth-order valence-electron chi connectivity index (χ4n) is 0.866. The van der Waals surface area contributed by atoms with Crippen molar-refractivity contribution in [3.8, 4) is 5.75 Å². The summed E-state index contributed by atoms with van der Waals surface area (Å²) in [5.74, 6) is 0.805. The van der Waals surface area contributed by atoms with Gasteiger partial charge >= 0.3 is 0 Å². The number of nitrogens with zero attached hydrogens (tertiary/aromatic N) is 3. The van der Waals surface area contributed by atoms with Gasteiger partial charge in [-0.25, -0.2) is 0 Å². The molecule has 0 spiro atoms. The zero-order valence-electron chi connectivity index (χ0n) is 7.67. The van der Waals surface area contributed by atoms with Crippen LogP contribution in [0.15, 0.2) is 35.4 Å². The normalized spacial score (nSPS) is 9.14. The Labute approximate surface area is 81.9 Å². The van der Waals surface area contributed by atoms with Crippen molar-refractivity contribution >= 4 is 0 Å². The van der Waals surface area contributed by atoms with Crippen LogP contribution in [-0.4, -0.2) is 19.9 Å². The summed E-state index contributed by atoms with van der Waals surface area (Å²) in [5.41, 5.74) is 7.95. The summed E-state index contributed by atoms with van der Waals surface area (Å²) in [5, 5.41) is 3.22. The summed E-state index contributed by atoms with van der Waals surface area (Å²) in [6.45, 7) is 0.910. The van der Waals surface area contributed by atoms with Crippen molar-refractivity contribution in [2.75, 3.05) is 19.9 Å². The van der Waals surface area contributed by atoms with E-state index in [1.165, 1.54) is 0 Å². The molecule has 0 unspecified atom stereocenters. The number of benzene rings is 1. The van der Waals surface area contributed by atoms with E-state index < -0.39 is 0 Å². The summed E-state index contributed by atoms with van der Waals surface area (Å²) >= 11 is 0. The van der Waals surface area contributed by atoms with Crippen LogP contribution < -0.4 is 4.74 Å². The molecule has 0 saturated heterocycles. The monoisotopic (exact) mass is 193 g/mol. The second-order valence-corrected chi connectivity index (χ2v) is 2.43. The minimum atomic E-state index is 0.0502. The molecule has 0 aliphatic heterocycles. The highest BCUT2D eigenvalue weighted by Gasteiger charge is 1.90. The lowest BCUT2D eigenvalue weighted by molar-refractivity contribution is 0.105. The van der Waals surface area contributed by atoms with E-state index in [4.69, 9.17) is 15.0 Å². The van der Waals surface area contributed by atoms with Crippen LogP contribution in [0, 0.1) is 0 Å². The quantitative estimate of drug-likeness (QED) is 0.301. The number of azide groups is 1. The van der Waals surface area contributed by atoms with Crippen molar-refractivity contribution in [2.24, 2.45) is 5.11 Å². The Kier molecular flexibility index (Phi) is 5.01. The van der Waals surface area contributed by atoms with E-state index in [9.17, 15) is 0 Å². The van der Waals surface area contributed by atoms with E-state index in [1.807, 2.05) is 30.3 Å². The van der Waals surface area contributed by atoms with Gasteiger partial charge in [-0.1, -0.05) is 23.3 Å². The molecule has 0 radical (unpaired) electrons. The van der Waals surface area contributed by atoms with Crippen LogP contribution in [0.3, 0.4) is 0 Å². The van der Waals surface area contributed by atoms with Crippen LogP contribution in [-0.2, 0) is 4.74 Å². The molecule has 0 atom stereocenters. The second-order valence-electron chi connectivity index (χ2n) is 2.43. The number of ether oxygens (including phenoxy) is 2. The molecule has 0 aromatic heterocycles. The van der Waals surface area contributed by atoms with Gasteiger partial charge < -0.3 is 9.47 Å². The minimum absolute atomic E-state index is 0.0502. The summed E-state index contributed by atoms with van der Waals surface area (Å²) in [6.07, 6.45) is 0. The van der Waals surface area contributed by atoms with Gasteiger partial charge in [0, 0.05) is 4.91 Å². The molecule has 0 aliphatic carbocycles. The van der Waals surface area contributed by atoms with Crippen molar-refractivity contribution < 1.29 is 9.47 Å². The average molecular weight is 193 g/mol. The fraction of sp³-hybridized carbons (Fsp3) is 0.333. The smallest absolute Gasteiger partial charge is 0.126 e. The first-order valence-electron chi connectivity index (χ1n) is 4.20. The Morgan fingerprint density at radius 3 is 2.71 bits per heavy atom. The molecule has 0 amide bonds. The summed E-state index contributed by atoms with van der Waals surface area (Å²) in [6, 6.07) is 9.46. The average Bonchev–Trinajstić information content (AvgIpc) is 2.25. The van der Waals surface area contributed by atoms with Gasteiger partial charge in [0.25, 0.3) is 0 Å². The lowest BCUT2D eigenvalue weighted by Crippen LogP contribution is -2.06. The number of hydrogen-bond acceptors (Lipinski definition) is 3. The van der Waals surface area contributed by atoms with E-state index >= 15 is 0 Å². The third kappa shape index (κ3) is 4.35. The highest BCUT2D eigenvalue weighted by molar-refractivity contribution is 5.20. The van der Waals surface area contributed by atoms with Gasteiger partial charge in [0.05, 0.1) is 6.61 Å². The second kappa shape index (κ2) is 6.77. The standard InChI is InChI=1S/C9H11N3O2/c10-12-11-8-13-6-7-14-9-4-2-1-3-5-9/h1-5H,6-8H2. The third-order valence-electron chi connectivity index (χ3n) is 1.45. The summed E-state index contributed by atoms with van der Waals surface area (Å²) in [7, 11) is 0. The maximum absolute atomic E-state index is 7.95. The fourth-order valence-corrected chi connectivity index (χ4v) is 0.866. The molecule has 14 heavy (non-hydrogen) atoms. The number of para-hydroxylation sites is 1. The molecule has 0 saturated carbocycles. The Balaban J connectivity index is 2.07. The van der Waals surface area contributed by atoms with Crippen LogP contribution in [0.4, 0.5) is 0 Å². The van der Waals surface area contributed by atoms with Crippen molar-refractivity contribution in [1.29, 1.82) is 0 Å². The van der Waals surface area contributed by atoms with Gasteiger partial charge in [0.15, 0.2) is 0 Å². The van der Waals surface area contributed by atoms with Crippen molar-refractivity contribution in [3.63, 3.8) is 0 Å². The van der Waals surface area contributed by atoms with Crippen molar-refractivity contribution in [3.05, 3.63) is 40.8 Å². The molecule has 1 aromatic rings. The van der Waals surface area contributed by atoms with E-state index in [1.54, 1.807) is 0 Å². The molecule has 1 aromatic carbocycles. The van der Waals surface area contributed by atoms with Gasteiger partial charge in [-0.15, -0.1) is 0 Å². The first-order valence-corrected chi connectivity index (χ1v) is 4.20. The molecule has 0 heterocycles. The van der Waals surface area contributed by atoms with E-state index in [0.717, 1.165) is 5.75 Å². The maximum atomic E-state index is 7.95. The first-order chi connectivity index (χ1) is 6.93. The zero-order chi connectivity index (χ0) is 10.1. The Hall–Kier alpha value is -1.71. The molecular formula is C9H11N3O2. The predicted octanol–water partition coefficient (Wildman–Crippen LogP) is 2.35. The largest absolute Gasteiger partial charge is 0.491 e. The van der Waals surface area contributed by atoms with Gasteiger partial charge in [-0.3, -0.25) is 0 Å². The Bertz CT molecular complexity index is 296. The highest BCUT2D eigenvalue weighted by atomic mass is 16.5. The van der Waals surface area contributed by atoms with Gasteiger partial charge in [0.1, 0.15) is 19.1 Å². The Morgan fingerprint density at radius 1 is 1.21 bits per heavy atom. The predicted molar refractivity (Wildman–Crippen MR) is 51.9 cm³/mol. The van der Waals surface area contributed by atoms with Crippen molar-refractivity contribution in [1.82, 2.24) is 0 Å². The number of rotatable bonds is 6. The first kappa shape index (κ1) is 10.4. The van der Waals surface area contributed by atoms with Crippen LogP contribution in [0.25, 0.3) is 10.4 Å². The molecule has 0 bridgehead atoms. The Morgan fingerprint density at radius 2 is 2.00 bits per heavy atom. The van der Waals surface area contributed by atoms with E-state index in [0.29, 0.717) is 13.2 Å². The summed E-state index contributed by atoms with van der Waals surface area (Å²) in [4.78, 5) is 2.55. The van der Waals surface area contributed by atoms with Gasteiger partial charge in [-0.05, 0) is 17.7 Å². The van der Waals surface area contributed by atoms with Gasteiger partial charge in [-0.2, -0.15) is 0 Å². The third-order valence-corrected chi connectivity index (χ3v) is 1.45. The minimum Gasteiger partial charge on any atom is -0.491 e. The highest BCUT2D eigenvalue weighted by Crippen LogP contribution is 2.07. The summed E-state index contributed by atoms with van der Waals surface area (Å²) < 4.78 is 10.3. The lowest BCUT2D eigenvalue weighted by Gasteiger charge is -2.04. The van der Waals surface area contributed by atoms with Crippen LogP contribution in [0.2, 0.25) is 0 Å². The van der Waals surface area contributed by atoms with Crippen molar-refractivity contribution in [2.45, 2.75) is 0 Å². The topological polar surface area (TPSA) is 67.2 Å². The lowest BCUT2D eigenvalue weighted by atomic mass is 10.3. The van der Waals surface area contributed by atoms with Crippen LogP contribution >= 0.6 is 0 Å². The molecule has 5 nitrogen and oxygen atoms in total. The maximum Gasteiger partial charge on any atom is 0.126 e. The van der Waals surface area contributed by atoms with E-state index in [2.05, 4.69) is 10.0 Å². The molecular weight excluding hydrogens is 182 g/mol. The van der Waals surface area contributed by atoms with E-state index in [-0.39, 0.29) is 6.73 Å². The van der Waals surface area contributed by atoms with Crippen LogP contribution in [0.1, 0.15) is 0 Å². The molecule has 0 N–H and O–H groups in total. The molecule has 74 valence electrons. The zero-order valence-corrected chi connectivity index (χ0v) is 7.67. The van der Waals surface area contributed by atoms with Crippen LogP contribution in [0.5, 0.6) is 5.75 Å². The number of hydrogen-bond donors (Lipinski definition) is 0.